The van der Waals surface area contributed by atoms with Crippen LogP contribution in [-0.2, 0) is 33.2 Å². The van der Waals surface area contributed by atoms with E-state index in [0.29, 0.717) is 12.8 Å². The predicted molar refractivity (Wildman–Crippen MR) is 332 cm³/mol. The van der Waals surface area contributed by atoms with Gasteiger partial charge < -0.3 is 89.9 Å². The minimum Gasteiger partial charge on any atom is -0.394 e. The van der Waals surface area contributed by atoms with Crippen molar-refractivity contribution in [2.45, 2.75) is 330 Å². The lowest BCUT2D eigenvalue weighted by atomic mass is 9.96. The summed E-state index contributed by atoms with van der Waals surface area (Å²) in [5, 5.41) is 121. The SMILES string of the molecule is CC/C=C\C/C=C\C/C=C\C/C=C\C/C=C\CCCCCCCCCC(=O)NC(COC1OC(CO)C(OC2OC(CO)C(OC3OC(CO)C(O)C(O)C3O)C(O)C2O)C(O)C1O)C(O)CCCCCCCCCCCCCCCCCCCC. The van der Waals surface area contributed by atoms with Gasteiger partial charge in [0.1, 0.15) is 73.2 Å². The van der Waals surface area contributed by atoms with Crippen LogP contribution < -0.4 is 5.32 Å². The Bertz CT molecular complexity index is 1800. The monoisotopic (exact) mass is 1230 g/mol. The third-order valence-electron chi connectivity index (χ3n) is 16.6. The number of hydrogen-bond donors (Lipinski definition) is 12. The second-order valence-corrected chi connectivity index (χ2v) is 23.9. The van der Waals surface area contributed by atoms with E-state index in [1.165, 1.54) is 89.9 Å². The highest BCUT2D eigenvalue weighted by Gasteiger charge is 2.53. The van der Waals surface area contributed by atoms with Crippen molar-refractivity contribution >= 4 is 5.91 Å². The van der Waals surface area contributed by atoms with Crippen molar-refractivity contribution in [1.82, 2.24) is 5.32 Å². The van der Waals surface area contributed by atoms with Crippen LogP contribution in [0.25, 0.3) is 0 Å². The maximum atomic E-state index is 13.4. The molecule has 3 fully saturated rings. The van der Waals surface area contributed by atoms with Crippen molar-refractivity contribution in [2.24, 2.45) is 0 Å². The second kappa shape index (κ2) is 49.2. The molecule has 19 nitrogen and oxygen atoms in total. The molecule has 0 aromatic rings. The van der Waals surface area contributed by atoms with E-state index in [-0.39, 0.29) is 18.9 Å². The number of nitrogens with one attached hydrogen (secondary N) is 1. The van der Waals surface area contributed by atoms with Crippen LogP contribution in [0.1, 0.15) is 226 Å². The third kappa shape index (κ3) is 31.5. The highest BCUT2D eigenvalue weighted by Crippen LogP contribution is 2.33. The lowest BCUT2D eigenvalue weighted by Crippen LogP contribution is -2.66. The average Bonchev–Trinajstić information content (AvgIpc) is 1.83. The van der Waals surface area contributed by atoms with Gasteiger partial charge in [0.25, 0.3) is 0 Å². The summed E-state index contributed by atoms with van der Waals surface area (Å²) in [4.78, 5) is 13.4. The van der Waals surface area contributed by atoms with Gasteiger partial charge in [0.2, 0.25) is 5.91 Å². The standard InChI is InChI=1S/C67H119NO18/c1-3-5-7-9-11-13-15-17-19-21-23-24-25-26-27-29-31-33-35-37-39-41-43-45-55(73)68-50(51(72)44-42-40-38-36-34-32-30-28-22-20-18-16-14-12-10-8-6-4-2)49-81-65-61(79)58(76)63(53(47-70)83-65)86-67-62(80)59(77)64(54(48-71)84-67)85-66-60(78)57(75)56(74)52(46-69)82-66/h5,7,11,13,17,19,23-24,26-27,50-54,56-67,69-72,74-80H,3-4,6,8-10,12,14-16,18,20-22,25,28-49H2,1-2H3,(H,68,73)/b7-5-,13-11-,19-17-,24-23-,27-26-. The zero-order valence-electron chi connectivity index (χ0n) is 52.5. The van der Waals surface area contributed by atoms with Gasteiger partial charge in [0.15, 0.2) is 18.9 Å². The van der Waals surface area contributed by atoms with Crippen LogP contribution in [0, 0.1) is 0 Å². The van der Waals surface area contributed by atoms with E-state index in [0.717, 1.165) is 103 Å². The van der Waals surface area contributed by atoms with Crippen LogP contribution >= 0.6 is 0 Å². The Labute approximate surface area is 515 Å². The normalized spacial score (nSPS) is 29.2. The molecule has 0 bridgehead atoms. The molecule has 0 aliphatic carbocycles. The number of ether oxygens (including phenoxy) is 6. The lowest BCUT2D eigenvalue weighted by Gasteiger charge is -2.48. The van der Waals surface area contributed by atoms with Gasteiger partial charge in [-0.05, 0) is 57.8 Å². The fourth-order valence-electron chi connectivity index (χ4n) is 11.2. The smallest absolute Gasteiger partial charge is 0.220 e. The lowest BCUT2D eigenvalue weighted by molar-refractivity contribution is -0.379. The number of amides is 1. The van der Waals surface area contributed by atoms with Crippen LogP contribution in [0.4, 0.5) is 0 Å². The summed E-state index contributed by atoms with van der Waals surface area (Å²) < 4.78 is 34.4. The second-order valence-electron chi connectivity index (χ2n) is 23.9. The van der Waals surface area contributed by atoms with Gasteiger partial charge in [-0.3, -0.25) is 4.79 Å². The number of hydrogen-bond acceptors (Lipinski definition) is 18. The van der Waals surface area contributed by atoms with E-state index < -0.39 is 124 Å². The number of rotatable bonds is 50. The molecule has 0 aromatic carbocycles. The van der Waals surface area contributed by atoms with Crippen molar-refractivity contribution < 1.29 is 89.4 Å². The molecule has 3 aliphatic heterocycles. The zero-order valence-corrected chi connectivity index (χ0v) is 52.5. The van der Waals surface area contributed by atoms with Crippen LogP contribution in [0.2, 0.25) is 0 Å². The van der Waals surface area contributed by atoms with Gasteiger partial charge in [-0.2, -0.15) is 0 Å². The molecule has 12 N–H and O–H groups in total. The van der Waals surface area contributed by atoms with Gasteiger partial charge in [0.05, 0.1) is 38.6 Å². The Morgan fingerprint density at radius 1 is 0.430 bits per heavy atom. The fourth-order valence-corrected chi connectivity index (χ4v) is 11.2. The first kappa shape index (κ1) is 77.7. The Morgan fingerprint density at radius 3 is 1.26 bits per heavy atom. The summed E-state index contributed by atoms with van der Waals surface area (Å²) >= 11 is 0. The number of allylic oxidation sites excluding steroid dienone is 10. The first-order valence-electron chi connectivity index (χ1n) is 33.5. The molecular formula is C67H119NO18. The minimum absolute atomic E-state index is 0.251. The van der Waals surface area contributed by atoms with Gasteiger partial charge in [-0.25, -0.2) is 0 Å². The van der Waals surface area contributed by atoms with Gasteiger partial charge in [-0.15, -0.1) is 0 Å². The molecule has 500 valence electrons. The third-order valence-corrected chi connectivity index (χ3v) is 16.6. The maximum absolute atomic E-state index is 13.4. The van der Waals surface area contributed by atoms with Gasteiger partial charge in [-0.1, -0.05) is 222 Å². The molecule has 17 unspecified atom stereocenters. The minimum atomic E-state index is -1.98. The largest absolute Gasteiger partial charge is 0.394 e. The molecule has 0 radical (unpaired) electrons. The van der Waals surface area contributed by atoms with Crippen molar-refractivity contribution in [1.29, 1.82) is 0 Å². The molecule has 3 rings (SSSR count). The summed E-state index contributed by atoms with van der Waals surface area (Å²) in [6, 6.07) is -0.897. The van der Waals surface area contributed by atoms with Crippen molar-refractivity contribution in [3.05, 3.63) is 60.8 Å². The molecule has 3 heterocycles. The predicted octanol–water partition coefficient (Wildman–Crippen LogP) is 7.99. The van der Waals surface area contributed by atoms with Crippen molar-refractivity contribution in [2.75, 3.05) is 26.4 Å². The van der Waals surface area contributed by atoms with E-state index in [1.54, 1.807) is 0 Å². The number of aliphatic hydroxyl groups is 11. The molecule has 17 atom stereocenters. The highest BCUT2D eigenvalue weighted by molar-refractivity contribution is 5.76. The molecule has 0 spiro atoms. The van der Waals surface area contributed by atoms with Crippen LogP contribution in [-0.4, -0.2) is 193 Å². The first-order valence-corrected chi connectivity index (χ1v) is 33.5. The molecule has 3 aliphatic rings. The summed E-state index contributed by atoms with van der Waals surface area (Å²) in [5.41, 5.74) is 0. The summed E-state index contributed by atoms with van der Waals surface area (Å²) in [7, 11) is 0. The number of unbranched alkanes of at least 4 members (excludes halogenated alkanes) is 24. The van der Waals surface area contributed by atoms with Crippen molar-refractivity contribution in [3.8, 4) is 0 Å². The Balaban J connectivity index is 1.46. The Morgan fingerprint density at radius 2 is 0.802 bits per heavy atom. The topological polar surface area (TPSA) is 307 Å². The average molecular weight is 1230 g/mol. The van der Waals surface area contributed by atoms with Gasteiger partial charge >= 0.3 is 0 Å². The molecule has 86 heavy (non-hydrogen) atoms. The Kier molecular flexibility index (Phi) is 44.5. The summed E-state index contributed by atoms with van der Waals surface area (Å²) in [6.45, 7) is 1.68. The van der Waals surface area contributed by atoms with E-state index in [9.17, 15) is 61.0 Å². The molecule has 3 saturated heterocycles. The molecule has 1 amide bonds. The van der Waals surface area contributed by atoms with Crippen LogP contribution in [0.3, 0.4) is 0 Å². The van der Waals surface area contributed by atoms with E-state index >= 15 is 0 Å². The molecule has 19 heteroatoms. The summed E-state index contributed by atoms with van der Waals surface area (Å²) in [5.74, 6) is -0.255. The first-order chi connectivity index (χ1) is 41.8. The number of carbonyl (C=O) groups is 1. The molecule has 0 saturated carbocycles. The maximum Gasteiger partial charge on any atom is 0.220 e. The van der Waals surface area contributed by atoms with Crippen LogP contribution in [0.5, 0.6) is 0 Å². The van der Waals surface area contributed by atoms with Gasteiger partial charge in [0, 0.05) is 6.42 Å². The van der Waals surface area contributed by atoms with E-state index in [2.05, 4.69) is 79.9 Å². The number of aliphatic hydroxyl groups excluding tert-OH is 11. The highest BCUT2D eigenvalue weighted by atomic mass is 16.8. The Hall–Kier alpha value is -2.51. The van der Waals surface area contributed by atoms with Crippen LogP contribution in [0.15, 0.2) is 60.8 Å². The van der Waals surface area contributed by atoms with Crippen molar-refractivity contribution in [3.63, 3.8) is 0 Å². The zero-order chi connectivity index (χ0) is 62.6. The summed E-state index contributed by atoms with van der Waals surface area (Å²) in [6.07, 6.45) is 31.4. The molecule has 0 aromatic heterocycles. The quantitative estimate of drug-likeness (QED) is 0.0203. The number of carbonyl (C=O) groups excluding carboxylic acids is 1. The fraction of sp³-hybridized carbons (Fsp3) is 0.836. The van der Waals surface area contributed by atoms with E-state index in [1.807, 2.05) is 0 Å². The molecular weight excluding hydrogens is 1110 g/mol. The van der Waals surface area contributed by atoms with E-state index in [4.69, 9.17) is 28.4 Å².